The smallest absolute Gasteiger partial charge is 0.347 e. The molecule has 0 saturated heterocycles. The van der Waals surface area contributed by atoms with Crippen LogP contribution in [0.4, 0.5) is 0 Å². The van der Waals surface area contributed by atoms with Crippen LogP contribution in [-0.2, 0) is 7.05 Å². The molecule has 24 heavy (non-hydrogen) atoms. The number of hydrogen-bond donors (Lipinski definition) is 0. The van der Waals surface area contributed by atoms with Gasteiger partial charge in [-0.3, -0.25) is 0 Å². The lowest BCUT2D eigenvalue weighted by Crippen LogP contribution is -2.06. The first-order valence-corrected chi connectivity index (χ1v) is 7.80. The number of fused-ring (bicyclic) bond motifs is 2. The molecule has 5 nitrogen and oxygen atoms in total. The molecule has 0 saturated carbocycles. The van der Waals surface area contributed by atoms with Crippen molar-refractivity contribution in [1.82, 2.24) is 9.55 Å². The van der Waals surface area contributed by atoms with E-state index in [1.165, 1.54) is 0 Å². The summed E-state index contributed by atoms with van der Waals surface area (Å²) in [4.78, 5) is 17.0. The van der Waals surface area contributed by atoms with Crippen molar-refractivity contribution in [1.29, 1.82) is 0 Å². The van der Waals surface area contributed by atoms with Crippen LogP contribution < -0.4 is 10.4 Å². The van der Waals surface area contributed by atoms with Gasteiger partial charge in [0, 0.05) is 18.5 Å². The fourth-order valence-electron chi connectivity index (χ4n) is 2.89. The molecule has 0 radical (unpaired) electrons. The summed E-state index contributed by atoms with van der Waals surface area (Å²) in [7, 11) is 1.90. The lowest BCUT2D eigenvalue weighted by molar-refractivity contribution is 0.340. The van der Waals surface area contributed by atoms with Gasteiger partial charge in [-0.25, -0.2) is 9.78 Å². The largest absolute Gasteiger partial charge is 0.494 e. The Labute approximate surface area is 138 Å². The highest BCUT2D eigenvalue weighted by Gasteiger charge is 2.15. The average molecular weight is 320 g/mol. The molecular weight excluding hydrogens is 304 g/mol. The molecule has 0 amide bonds. The van der Waals surface area contributed by atoms with Gasteiger partial charge in [0.25, 0.3) is 0 Å². The highest BCUT2D eigenvalue weighted by molar-refractivity contribution is 5.84. The minimum atomic E-state index is -0.408. The molecule has 4 aromatic rings. The Morgan fingerprint density at radius 3 is 2.79 bits per heavy atom. The number of ether oxygens (including phenoxy) is 1. The molecule has 0 fully saturated rings. The van der Waals surface area contributed by atoms with E-state index in [1.807, 2.05) is 61.0 Å². The number of aromatic nitrogens is 2. The quantitative estimate of drug-likeness (QED) is 0.540. The van der Waals surface area contributed by atoms with Crippen LogP contribution in [0.25, 0.3) is 33.4 Å². The number of benzene rings is 2. The fraction of sp³-hybridized carbons (Fsp3) is 0.158. The molecule has 0 N–H and O–H groups in total. The zero-order valence-electron chi connectivity index (χ0n) is 13.4. The van der Waals surface area contributed by atoms with E-state index in [0.717, 1.165) is 16.4 Å². The van der Waals surface area contributed by atoms with Crippen molar-refractivity contribution < 1.29 is 9.15 Å². The average Bonchev–Trinajstić information content (AvgIpc) is 2.92. The molecule has 2 aromatic heterocycles. The van der Waals surface area contributed by atoms with E-state index in [4.69, 9.17) is 9.15 Å². The third-order valence-electron chi connectivity index (χ3n) is 4.05. The van der Waals surface area contributed by atoms with Crippen LogP contribution >= 0.6 is 0 Å². The van der Waals surface area contributed by atoms with Crippen molar-refractivity contribution in [2.45, 2.75) is 6.92 Å². The number of para-hydroxylation sites is 2. The molecule has 120 valence electrons. The van der Waals surface area contributed by atoms with E-state index in [1.54, 1.807) is 6.07 Å². The van der Waals surface area contributed by atoms with Crippen molar-refractivity contribution in [3.05, 3.63) is 59.0 Å². The van der Waals surface area contributed by atoms with Crippen LogP contribution in [0, 0.1) is 0 Å². The number of nitrogens with zero attached hydrogens (tertiary/aromatic N) is 2. The van der Waals surface area contributed by atoms with Crippen molar-refractivity contribution in [3.63, 3.8) is 0 Å². The van der Waals surface area contributed by atoms with Crippen LogP contribution in [0.1, 0.15) is 6.92 Å². The van der Waals surface area contributed by atoms with E-state index in [2.05, 4.69) is 4.98 Å². The van der Waals surface area contributed by atoms with Crippen molar-refractivity contribution in [3.8, 4) is 17.1 Å². The topological polar surface area (TPSA) is 57.3 Å². The van der Waals surface area contributed by atoms with Crippen LogP contribution in [0.2, 0.25) is 0 Å². The summed E-state index contributed by atoms with van der Waals surface area (Å²) in [6, 6.07) is 15.1. The maximum absolute atomic E-state index is 12.5. The molecule has 0 spiro atoms. The molecule has 0 aliphatic heterocycles. The highest BCUT2D eigenvalue weighted by Crippen LogP contribution is 2.26. The van der Waals surface area contributed by atoms with Gasteiger partial charge in [-0.2, -0.15) is 0 Å². The monoisotopic (exact) mass is 320 g/mol. The summed E-state index contributed by atoms with van der Waals surface area (Å²) in [5.74, 6) is 1.28. The standard InChI is InChI=1S/C19H16N2O3/c1-3-23-13-9-8-12-10-14(19(22)24-17(12)11-13)18-20-15-6-4-5-7-16(15)21(18)2/h4-11H,3H2,1-2H3. The lowest BCUT2D eigenvalue weighted by Gasteiger charge is -2.06. The molecule has 0 unspecified atom stereocenters. The fourth-order valence-corrected chi connectivity index (χ4v) is 2.89. The minimum Gasteiger partial charge on any atom is -0.494 e. The molecule has 0 bridgehead atoms. The Bertz CT molecular complexity index is 1110. The summed E-state index contributed by atoms with van der Waals surface area (Å²) < 4.78 is 12.9. The zero-order valence-corrected chi connectivity index (χ0v) is 13.4. The third-order valence-corrected chi connectivity index (χ3v) is 4.05. The molecule has 0 aliphatic rings. The maximum atomic E-state index is 12.5. The summed E-state index contributed by atoms with van der Waals surface area (Å²) in [6.45, 7) is 2.48. The van der Waals surface area contributed by atoms with Crippen LogP contribution in [-0.4, -0.2) is 16.2 Å². The van der Waals surface area contributed by atoms with E-state index in [0.29, 0.717) is 29.3 Å². The van der Waals surface area contributed by atoms with Gasteiger partial charge in [0.2, 0.25) is 0 Å². The molecule has 5 heteroatoms. The summed E-state index contributed by atoms with van der Waals surface area (Å²) in [6.07, 6.45) is 0. The predicted octanol–water partition coefficient (Wildman–Crippen LogP) is 3.75. The molecule has 2 aromatic carbocycles. The van der Waals surface area contributed by atoms with Gasteiger partial charge in [-0.15, -0.1) is 0 Å². The van der Waals surface area contributed by atoms with Gasteiger partial charge in [0.1, 0.15) is 22.7 Å². The Morgan fingerprint density at radius 2 is 2.00 bits per heavy atom. The third kappa shape index (κ3) is 2.25. The van der Waals surface area contributed by atoms with Gasteiger partial charge in [0.05, 0.1) is 17.6 Å². The first kappa shape index (κ1) is 14.5. The molecule has 0 atom stereocenters. The molecule has 2 heterocycles. The SMILES string of the molecule is CCOc1ccc2cc(-c3nc4ccccc4n3C)c(=O)oc2c1. The molecule has 0 aliphatic carbocycles. The van der Waals surface area contributed by atoms with Gasteiger partial charge < -0.3 is 13.7 Å². The van der Waals surface area contributed by atoms with E-state index >= 15 is 0 Å². The maximum Gasteiger partial charge on any atom is 0.347 e. The second-order valence-electron chi connectivity index (χ2n) is 5.56. The van der Waals surface area contributed by atoms with Crippen molar-refractivity contribution in [2.75, 3.05) is 6.61 Å². The van der Waals surface area contributed by atoms with Crippen molar-refractivity contribution >= 4 is 22.0 Å². The summed E-state index contributed by atoms with van der Waals surface area (Å²) >= 11 is 0. The van der Waals surface area contributed by atoms with E-state index < -0.39 is 5.63 Å². The van der Waals surface area contributed by atoms with Gasteiger partial charge >= 0.3 is 5.63 Å². The summed E-state index contributed by atoms with van der Waals surface area (Å²) in [5.41, 5.74) is 2.37. The van der Waals surface area contributed by atoms with E-state index in [9.17, 15) is 4.79 Å². The normalized spacial score (nSPS) is 11.2. The number of rotatable bonds is 3. The zero-order chi connectivity index (χ0) is 16.7. The number of imidazole rings is 1. The number of aryl methyl sites for hydroxylation is 1. The highest BCUT2D eigenvalue weighted by atomic mass is 16.5. The van der Waals surface area contributed by atoms with Gasteiger partial charge in [0.15, 0.2) is 0 Å². The van der Waals surface area contributed by atoms with Crippen LogP contribution in [0.5, 0.6) is 5.75 Å². The number of hydrogen-bond acceptors (Lipinski definition) is 4. The second-order valence-corrected chi connectivity index (χ2v) is 5.56. The Morgan fingerprint density at radius 1 is 1.17 bits per heavy atom. The Hall–Kier alpha value is -3.08. The van der Waals surface area contributed by atoms with Gasteiger partial charge in [-0.05, 0) is 37.3 Å². The van der Waals surface area contributed by atoms with Crippen LogP contribution in [0.3, 0.4) is 0 Å². The Balaban J connectivity index is 1.92. The Kier molecular flexibility index (Phi) is 3.34. The predicted molar refractivity (Wildman–Crippen MR) is 93.4 cm³/mol. The van der Waals surface area contributed by atoms with Crippen LogP contribution in [0.15, 0.2) is 57.7 Å². The second kappa shape index (κ2) is 5.53. The minimum absolute atomic E-state index is 0.408. The lowest BCUT2D eigenvalue weighted by atomic mass is 10.1. The summed E-state index contributed by atoms with van der Waals surface area (Å²) in [5, 5.41) is 0.833. The van der Waals surface area contributed by atoms with E-state index in [-0.39, 0.29) is 0 Å². The van der Waals surface area contributed by atoms with Gasteiger partial charge in [-0.1, -0.05) is 12.1 Å². The molecule has 4 rings (SSSR count). The first-order chi connectivity index (χ1) is 11.7. The first-order valence-electron chi connectivity index (χ1n) is 7.80. The molecular formula is C19H16N2O3. The van der Waals surface area contributed by atoms with Crippen molar-refractivity contribution in [2.24, 2.45) is 7.05 Å².